The molecule has 0 spiro atoms. The lowest BCUT2D eigenvalue weighted by atomic mass is 10.1. The van der Waals surface area contributed by atoms with E-state index in [1.54, 1.807) is 61.7 Å². The number of carbonyl (C=O) groups excluding carboxylic acids is 2. The van der Waals surface area contributed by atoms with Crippen molar-refractivity contribution in [3.05, 3.63) is 93.5 Å². The van der Waals surface area contributed by atoms with E-state index in [9.17, 15) is 9.59 Å². The summed E-state index contributed by atoms with van der Waals surface area (Å²) in [5.41, 5.74) is 4.73. The van der Waals surface area contributed by atoms with Crippen molar-refractivity contribution in [1.82, 2.24) is 5.43 Å². The van der Waals surface area contributed by atoms with E-state index in [4.69, 9.17) is 9.47 Å². The first kappa shape index (κ1) is 21.3. The Bertz CT molecular complexity index is 1090. The minimum absolute atomic E-state index is 0.328. The molecule has 0 saturated carbocycles. The second-order valence-corrected chi connectivity index (χ2v) is 7.23. The largest absolute Gasteiger partial charge is 0.497 e. The number of methoxy groups -OCH3 is 1. The molecule has 0 aliphatic rings. The number of ether oxygens (including phenoxy) is 2. The van der Waals surface area contributed by atoms with E-state index >= 15 is 0 Å². The minimum atomic E-state index is -0.465. The van der Waals surface area contributed by atoms with Gasteiger partial charge < -0.3 is 9.47 Å². The molecule has 0 aliphatic heterocycles. The Labute approximate surface area is 182 Å². The number of carbonyl (C=O) groups is 2. The molecule has 3 aromatic rings. The quantitative estimate of drug-likeness (QED) is 0.246. The third-order valence-corrected chi connectivity index (χ3v) is 4.75. The number of amides is 1. The maximum atomic E-state index is 12.5. The number of nitrogens with zero attached hydrogens (tertiary/aromatic N) is 1. The molecule has 0 saturated heterocycles. The van der Waals surface area contributed by atoms with Crippen LogP contribution < -0.4 is 14.9 Å². The Hall–Kier alpha value is -3.45. The molecule has 0 heterocycles. The molecule has 3 rings (SSSR count). The van der Waals surface area contributed by atoms with Gasteiger partial charge in [-0.15, -0.1) is 0 Å². The van der Waals surface area contributed by atoms with Crippen LogP contribution >= 0.6 is 15.9 Å². The van der Waals surface area contributed by atoms with Crippen LogP contribution in [0.3, 0.4) is 0 Å². The second kappa shape index (κ2) is 9.84. The predicted molar refractivity (Wildman–Crippen MR) is 118 cm³/mol. The molecule has 152 valence electrons. The Balaban J connectivity index is 1.74. The van der Waals surface area contributed by atoms with Gasteiger partial charge in [0.05, 0.1) is 18.9 Å². The number of hydrazone groups is 1. The second-order valence-electron chi connectivity index (χ2n) is 6.31. The van der Waals surface area contributed by atoms with Crippen LogP contribution in [0.2, 0.25) is 0 Å². The zero-order chi connectivity index (χ0) is 21.5. The molecule has 3 aromatic carbocycles. The molecule has 7 heteroatoms. The normalized spacial score (nSPS) is 10.6. The fraction of sp³-hybridized carbons (Fsp3) is 0.0870. The van der Waals surface area contributed by atoms with Crippen molar-refractivity contribution < 1.29 is 19.1 Å². The van der Waals surface area contributed by atoms with Crippen LogP contribution in [0.15, 0.2) is 76.3 Å². The standard InChI is InChI=1S/C23H19BrN2O4/c1-15-5-3-4-6-20(15)23(28)30-21-12-9-18(24)13-17(21)14-25-26-22(27)16-7-10-19(29-2)11-8-16/h3-14H,1-2H3,(H,26,27)/b25-14+. The van der Waals surface area contributed by atoms with E-state index in [1.165, 1.54) is 6.21 Å². The van der Waals surface area contributed by atoms with Crippen molar-refractivity contribution in [2.75, 3.05) is 7.11 Å². The summed E-state index contributed by atoms with van der Waals surface area (Å²) < 4.78 is 11.4. The average molecular weight is 467 g/mol. The maximum Gasteiger partial charge on any atom is 0.343 e. The van der Waals surface area contributed by atoms with Crippen LogP contribution in [0.25, 0.3) is 0 Å². The van der Waals surface area contributed by atoms with Crippen molar-refractivity contribution in [3.63, 3.8) is 0 Å². The first-order chi connectivity index (χ1) is 14.5. The van der Waals surface area contributed by atoms with Gasteiger partial charge in [0, 0.05) is 15.6 Å². The smallest absolute Gasteiger partial charge is 0.343 e. The lowest BCUT2D eigenvalue weighted by Crippen LogP contribution is -2.17. The molecule has 0 aromatic heterocycles. The van der Waals surface area contributed by atoms with E-state index in [0.29, 0.717) is 28.2 Å². The highest BCUT2D eigenvalue weighted by Gasteiger charge is 2.13. The van der Waals surface area contributed by atoms with Crippen LogP contribution in [-0.4, -0.2) is 25.2 Å². The van der Waals surface area contributed by atoms with E-state index < -0.39 is 5.97 Å². The zero-order valence-electron chi connectivity index (χ0n) is 16.4. The van der Waals surface area contributed by atoms with Crippen LogP contribution in [-0.2, 0) is 0 Å². The number of rotatable bonds is 6. The van der Waals surface area contributed by atoms with Crippen molar-refractivity contribution in [3.8, 4) is 11.5 Å². The molecule has 0 atom stereocenters. The number of nitrogens with one attached hydrogen (secondary N) is 1. The van der Waals surface area contributed by atoms with Crippen LogP contribution in [0, 0.1) is 6.92 Å². The first-order valence-electron chi connectivity index (χ1n) is 9.03. The molecule has 0 bridgehead atoms. The van der Waals surface area contributed by atoms with Crippen LogP contribution in [0.1, 0.15) is 31.8 Å². The predicted octanol–water partition coefficient (Wildman–Crippen LogP) is 4.75. The van der Waals surface area contributed by atoms with Gasteiger partial charge in [-0.25, -0.2) is 10.2 Å². The maximum absolute atomic E-state index is 12.5. The van der Waals surface area contributed by atoms with Gasteiger partial charge in [-0.1, -0.05) is 34.1 Å². The van der Waals surface area contributed by atoms with Gasteiger partial charge >= 0.3 is 5.97 Å². The molecule has 0 aliphatic carbocycles. The van der Waals surface area contributed by atoms with Crippen LogP contribution in [0.5, 0.6) is 11.5 Å². The average Bonchev–Trinajstić information content (AvgIpc) is 2.75. The fourth-order valence-electron chi connectivity index (χ4n) is 2.64. The van der Waals surface area contributed by atoms with Gasteiger partial charge in [0.15, 0.2) is 0 Å². The number of aryl methyl sites for hydroxylation is 1. The van der Waals surface area contributed by atoms with E-state index in [1.807, 2.05) is 19.1 Å². The molecule has 0 fully saturated rings. The molecular weight excluding hydrogens is 448 g/mol. The van der Waals surface area contributed by atoms with Gasteiger partial charge in [-0.2, -0.15) is 5.10 Å². The summed E-state index contributed by atoms with van der Waals surface area (Å²) in [4.78, 5) is 24.8. The molecule has 1 amide bonds. The lowest BCUT2D eigenvalue weighted by Gasteiger charge is -2.09. The summed E-state index contributed by atoms with van der Waals surface area (Å²) in [6.07, 6.45) is 1.42. The monoisotopic (exact) mass is 466 g/mol. The Morgan fingerprint density at radius 2 is 1.77 bits per heavy atom. The summed E-state index contributed by atoms with van der Waals surface area (Å²) in [5.74, 6) is 0.146. The molecule has 0 radical (unpaired) electrons. The topological polar surface area (TPSA) is 77.0 Å². The summed E-state index contributed by atoms with van der Waals surface area (Å²) in [5, 5.41) is 3.99. The molecular formula is C23H19BrN2O4. The number of benzene rings is 3. The third kappa shape index (κ3) is 5.33. The van der Waals surface area contributed by atoms with Gasteiger partial charge in [0.2, 0.25) is 0 Å². The van der Waals surface area contributed by atoms with Crippen molar-refractivity contribution in [2.24, 2.45) is 5.10 Å². The number of hydrogen-bond acceptors (Lipinski definition) is 5. The van der Waals surface area contributed by atoms with Crippen molar-refractivity contribution in [1.29, 1.82) is 0 Å². The molecule has 30 heavy (non-hydrogen) atoms. The molecule has 1 N–H and O–H groups in total. The summed E-state index contributed by atoms with van der Waals surface area (Å²) in [6, 6.07) is 19.0. The van der Waals surface area contributed by atoms with Crippen molar-refractivity contribution in [2.45, 2.75) is 6.92 Å². The summed E-state index contributed by atoms with van der Waals surface area (Å²) in [6.45, 7) is 1.84. The lowest BCUT2D eigenvalue weighted by molar-refractivity contribution is 0.0733. The Kier molecular flexibility index (Phi) is 6.98. The van der Waals surface area contributed by atoms with Gasteiger partial charge in [0.1, 0.15) is 11.5 Å². The highest BCUT2D eigenvalue weighted by atomic mass is 79.9. The summed E-state index contributed by atoms with van der Waals surface area (Å²) in [7, 11) is 1.56. The number of hydrogen-bond donors (Lipinski definition) is 1. The van der Waals surface area contributed by atoms with Crippen LogP contribution in [0.4, 0.5) is 0 Å². The Morgan fingerprint density at radius 3 is 2.47 bits per heavy atom. The molecule has 0 unspecified atom stereocenters. The fourth-order valence-corrected chi connectivity index (χ4v) is 3.02. The number of esters is 1. The number of halogens is 1. The highest BCUT2D eigenvalue weighted by Crippen LogP contribution is 2.23. The minimum Gasteiger partial charge on any atom is -0.497 e. The SMILES string of the molecule is COc1ccc(C(=O)N/N=C/c2cc(Br)ccc2OC(=O)c2ccccc2C)cc1. The first-order valence-corrected chi connectivity index (χ1v) is 9.82. The summed E-state index contributed by atoms with van der Waals surface area (Å²) >= 11 is 3.39. The highest BCUT2D eigenvalue weighted by molar-refractivity contribution is 9.10. The van der Waals surface area contributed by atoms with Gasteiger partial charge in [-0.05, 0) is 61.0 Å². The van der Waals surface area contributed by atoms with Gasteiger partial charge in [0.25, 0.3) is 5.91 Å². The van der Waals surface area contributed by atoms with E-state index in [2.05, 4.69) is 26.5 Å². The zero-order valence-corrected chi connectivity index (χ0v) is 18.0. The van der Waals surface area contributed by atoms with E-state index in [0.717, 1.165) is 10.0 Å². The van der Waals surface area contributed by atoms with Gasteiger partial charge in [-0.3, -0.25) is 4.79 Å². The van der Waals surface area contributed by atoms with E-state index in [-0.39, 0.29) is 5.91 Å². The Morgan fingerprint density at radius 1 is 1.03 bits per heavy atom. The van der Waals surface area contributed by atoms with Crippen molar-refractivity contribution >= 4 is 34.0 Å². The third-order valence-electron chi connectivity index (χ3n) is 4.26. The molecule has 6 nitrogen and oxygen atoms in total.